The molecular weight excluding hydrogens is 274 g/mol. The van der Waals surface area contributed by atoms with Crippen LogP contribution in [0.4, 0.5) is 26.3 Å². The van der Waals surface area contributed by atoms with Crippen LogP contribution >= 0.6 is 11.6 Å². The van der Waals surface area contributed by atoms with Crippen molar-refractivity contribution in [3.05, 3.63) is 35.4 Å². The first-order chi connectivity index (χ1) is 7.60. The second kappa shape index (κ2) is 4.64. The van der Waals surface area contributed by atoms with E-state index in [9.17, 15) is 26.3 Å². The van der Waals surface area contributed by atoms with E-state index in [-0.39, 0.29) is 5.02 Å². The van der Waals surface area contributed by atoms with Crippen molar-refractivity contribution >= 4 is 11.6 Å². The van der Waals surface area contributed by atoms with Crippen molar-refractivity contribution in [2.45, 2.75) is 12.4 Å². The molecule has 0 aliphatic rings. The summed E-state index contributed by atoms with van der Waals surface area (Å²) >= 11 is 5.42. The molecular formula is C9H4ClF6O. The third-order valence-corrected chi connectivity index (χ3v) is 1.80. The molecule has 1 aromatic carbocycles. The van der Waals surface area contributed by atoms with Gasteiger partial charge in [0.15, 0.2) is 0 Å². The molecule has 0 atom stereocenters. The predicted molar refractivity (Wildman–Crippen MR) is 47.4 cm³/mol. The summed E-state index contributed by atoms with van der Waals surface area (Å²) in [6.45, 7) is 0. The summed E-state index contributed by atoms with van der Waals surface area (Å²) in [6, 6.07) is 4.03. The summed E-state index contributed by atoms with van der Waals surface area (Å²) in [7, 11) is 0. The molecule has 0 aromatic heterocycles. The van der Waals surface area contributed by atoms with Crippen LogP contribution in [0.15, 0.2) is 24.3 Å². The van der Waals surface area contributed by atoms with Crippen LogP contribution in [0.2, 0.25) is 5.02 Å². The number of hydrogen-bond acceptors (Lipinski definition) is 1. The highest BCUT2D eigenvalue weighted by Gasteiger charge is 2.61. The lowest BCUT2D eigenvalue weighted by molar-refractivity contribution is -0.244. The third-order valence-electron chi connectivity index (χ3n) is 1.55. The lowest BCUT2D eigenvalue weighted by Crippen LogP contribution is -2.38. The van der Waals surface area contributed by atoms with Gasteiger partial charge in [0.1, 0.15) is 5.75 Å². The van der Waals surface area contributed by atoms with Crippen LogP contribution in [-0.2, 0) is 0 Å². The van der Waals surface area contributed by atoms with Gasteiger partial charge in [-0.3, -0.25) is 0 Å². The van der Waals surface area contributed by atoms with Gasteiger partial charge < -0.3 is 4.74 Å². The van der Waals surface area contributed by atoms with Gasteiger partial charge in [-0.2, -0.15) is 26.3 Å². The first-order valence-electron chi connectivity index (χ1n) is 4.05. The van der Waals surface area contributed by atoms with Crippen LogP contribution in [0.3, 0.4) is 0 Å². The molecule has 0 aliphatic carbocycles. The second-order valence-electron chi connectivity index (χ2n) is 2.88. The third kappa shape index (κ3) is 3.99. The molecule has 0 N–H and O–H groups in total. The predicted octanol–water partition coefficient (Wildman–Crippen LogP) is 4.38. The summed E-state index contributed by atoms with van der Waals surface area (Å²) in [5.41, 5.74) is 0. The molecule has 1 rings (SSSR count). The topological polar surface area (TPSA) is 9.23 Å². The highest BCUT2D eigenvalue weighted by Crippen LogP contribution is 2.42. The maximum atomic E-state index is 12.1. The Bertz CT molecular complexity index is 355. The average molecular weight is 278 g/mol. The lowest BCUT2D eigenvalue weighted by atomic mass is 10.3. The normalized spacial score (nSPS) is 12.9. The molecule has 0 amide bonds. The van der Waals surface area contributed by atoms with E-state index in [0.29, 0.717) is 0 Å². The Kier molecular flexibility index (Phi) is 3.81. The van der Waals surface area contributed by atoms with Crippen molar-refractivity contribution in [1.82, 2.24) is 0 Å². The van der Waals surface area contributed by atoms with Crippen LogP contribution in [0.1, 0.15) is 0 Å². The lowest BCUT2D eigenvalue weighted by Gasteiger charge is -2.21. The van der Waals surface area contributed by atoms with Crippen molar-refractivity contribution in [3.8, 4) is 5.75 Å². The minimum absolute atomic E-state index is 0.165. The Morgan fingerprint density at radius 3 is 1.65 bits per heavy atom. The SMILES string of the molecule is FC(F)(F)[C](Oc1ccc(Cl)cc1)C(F)(F)F. The van der Waals surface area contributed by atoms with Gasteiger partial charge in [0.05, 0.1) is 0 Å². The first kappa shape index (κ1) is 14.0. The molecule has 1 radical (unpaired) electrons. The fourth-order valence-electron chi connectivity index (χ4n) is 0.897. The highest BCUT2D eigenvalue weighted by atomic mass is 35.5. The van der Waals surface area contributed by atoms with Crippen molar-refractivity contribution in [3.63, 3.8) is 0 Å². The number of hydrogen-bond donors (Lipinski definition) is 0. The van der Waals surface area contributed by atoms with Crippen LogP contribution in [0, 0.1) is 6.10 Å². The van der Waals surface area contributed by atoms with Crippen LogP contribution in [-0.4, -0.2) is 12.4 Å². The molecule has 17 heavy (non-hydrogen) atoms. The van der Waals surface area contributed by atoms with Gasteiger partial charge in [-0.1, -0.05) is 11.6 Å². The number of rotatable bonds is 2. The number of halogens is 7. The molecule has 0 spiro atoms. The Labute approximate surface area is 96.9 Å². The summed E-state index contributed by atoms with van der Waals surface area (Å²) in [6.07, 6.45) is -14.2. The maximum Gasteiger partial charge on any atom is 0.442 e. The van der Waals surface area contributed by atoms with E-state index < -0.39 is 24.2 Å². The highest BCUT2D eigenvalue weighted by molar-refractivity contribution is 6.30. The van der Waals surface area contributed by atoms with Crippen molar-refractivity contribution < 1.29 is 31.1 Å². The standard InChI is InChI=1S/C9H4ClF6O/c10-5-1-3-6(4-2-5)17-7(8(11,12)13)9(14,15)16/h1-4H. The van der Waals surface area contributed by atoms with Gasteiger partial charge >= 0.3 is 18.5 Å². The Morgan fingerprint density at radius 1 is 0.882 bits per heavy atom. The molecule has 1 aromatic rings. The summed E-state index contributed by atoms with van der Waals surface area (Å²) in [4.78, 5) is 0. The smallest absolute Gasteiger partial charge is 0.442 e. The molecule has 8 heteroatoms. The zero-order chi connectivity index (χ0) is 13.3. The summed E-state index contributed by atoms with van der Waals surface area (Å²) in [5.74, 6) is -0.598. The van der Waals surface area contributed by atoms with Crippen molar-refractivity contribution in [1.29, 1.82) is 0 Å². The minimum Gasteiger partial charge on any atom is -0.465 e. The van der Waals surface area contributed by atoms with Gasteiger partial charge in [-0.25, -0.2) is 0 Å². The zero-order valence-electron chi connectivity index (χ0n) is 7.86. The Morgan fingerprint density at radius 2 is 1.29 bits per heavy atom. The number of benzene rings is 1. The van der Waals surface area contributed by atoms with Gasteiger partial charge in [0.25, 0.3) is 0 Å². The average Bonchev–Trinajstić information content (AvgIpc) is 2.13. The summed E-state index contributed by atoms with van der Waals surface area (Å²) in [5, 5.41) is 0.165. The van der Waals surface area contributed by atoms with Crippen LogP contribution in [0.5, 0.6) is 5.75 Å². The van der Waals surface area contributed by atoms with E-state index in [1.54, 1.807) is 0 Å². The van der Waals surface area contributed by atoms with Gasteiger partial charge in [0.2, 0.25) is 0 Å². The van der Waals surface area contributed by atoms with E-state index in [1.807, 2.05) is 0 Å². The molecule has 0 unspecified atom stereocenters. The Balaban J connectivity index is 2.92. The van der Waals surface area contributed by atoms with Crippen LogP contribution < -0.4 is 4.74 Å². The summed E-state index contributed by atoms with van der Waals surface area (Å²) < 4.78 is 76.2. The number of alkyl halides is 6. The zero-order valence-corrected chi connectivity index (χ0v) is 8.62. The monoisotopic (exact) mass is 277 g/mol. The van der Waals surface area contributed by atoms with Crippen molar-refractivity contribution in [2.24, 2.45) is 0 Å². The molecule has 0 heterocycles. The molecule has 0 saturated carbocycles. The molecule has 0 saturated heterocycles. The first-order valence-corrected chi connectivity index (χ1v) is 4.43. The molecule has 1 nitrogen and oxygen atoms in total. The van der Waals surface area contributed by atoms with E-state index in [0.717, 1.165) is 24.3 Å². The fraction of sp³-hybridized carbons (Fsp3) is 0.222. The molecule has 0 fully saturated rings. The maximum absolute atomic E-state index is 12.1. The molecule has 0 bridgehead atoms. The van der Waals surface area contributed by atoms with Gasteiger partial charge in [0, 0.05) is 5.02 Å². The van der Waals surface area contributed by atoms with E-state index in [1.165, 1.54) is 0 Å². The van der Waals surface area contributed by atoms with E-state index in [4.69, 9.17) is 11.6 Å². The van der Waals surface area contributed by atoms with Gasteiger partial charge in [-0.05, 0) is 24.3 Å². The van der Waals surface area contributed by atoms with Gasteiger partial charge in [-0.15, -0.1) is 0 Å². The van der Waals surface area contributed by atoms with Crippen LogP contribution in [0.25, 0.3) is 0 Å². The van der Waals surface area contributed by atoms with Crippen molar-refractivity contribution in [2.75, 3.05) is 0 Å². The fourth-order valence-corrected chi connectivity index (χ4v) is 1.02. The van der Waals surface area contributed by atoms with E-state index in [2.05, 4.69) is 4.74 Å². The quantitative estimate of drug-likeness (QED) is 0.729. The largest absolute Gasteiger partial charge is 0.465 e. The number of ether oxygens (including phenoxy) is 1. The van der Waals surface area contributed by atoms with E-state index >= 15 is 0 Å². The minimum atomic E-state index is -5.61. The Hall–Kier alpha value is -1.11. The molecule has 95 valence electrons. The second-order valence-corrected chi connectivity index (χ2v) is 3.32. The molecule has 0 aliphatic heterocycles.